The van der Waals surface area contributed by atoms with Crippen LogP contribution in [0.2, 0.25) is 0 Å². The first-order chi connectivity index (χ1) is 68.0. The van der Waals surface area contributed by atoms with Crippen LogP contribution in [0, 0.1) is 26.3 Å². The summed E-state index contributed by atoms with van der Waals surface area (Å²) in [6.45, 7) is 25.7. The molecule has 7 fully saturated rings. The molecule has 0 amide bonds. The minimum atomic E-state index is -4.58. The first-order valence-electron chi connectivity index (χ1n) is 45.5. The Morgan fingerprint density at radius 2 is 0.475 bits per heavy atom. The molecule has 48 heteroatoms. The second-order valence-electron chi connectivity index (χ2n) is 33.0. The average molecular weight is 2020 g/mol. The fraction of sp³-hybridized carbons (Fsp3) is 0.570. The Morgan fingerprint density at radius 3 is 0.688 bits per heavy atom. The first-order valence-corrected chi connectivity index (χ1v) is 51.4. The Kier molecular flexibility index (Phi) is 45.4. The highest BCUT2D eigenvalue weighted by atomic mass is 31.2. The van der Waals surface area contributed by atoms with Gasteiger partial charge in [0.2, 0.25) is 26.2 Å². The quantitative estimate of drug-likeness (QED) is 0.0112. The van der Waals surface area contributed by atoms with Crippen molar-refractivity contribution in [2.45, 2.75) is 184 Å². The zero-order valence-corrected chi connectivity index (χ0v) is 83.4. The number of rotatable bonds is 53. The lowest BCUT2D eigenvalue weighted by Crippen LogP contribution is -2.38. The molecule has 0 saturated carbocycles. The summed E-state index contributed by atoms with van der Waals surface area (Å²) in [5.41, 5.74) is 3.13. The zero-order valence-electron chi connectivity index (χ0n) is 79.8. The molecule has 141 heavy (non-hydrogen) atoms. The van der Waals surface area contributed by atoms with Gasteiger partial charge >= 0.3 is 31.3 Å². The summed E-state index contributed by atoms with van der Waals surface area (Å²) < 4.78 is 222. The average Bonchev–Trinajstić information content (AvgIpc) is 1.75. The number of nitrogens with zero attached hydrogens (tertiary/aromatic N) is 4. The maximum Gasteiger partial charge on any atom is 0.475 e. The second kappa shape index (κ2) is 56.1. The summed E-state index contributed by atoms with van der Waals surface area (Å²) in [7, 11) is 37.2. The van der Waals surface area contributed by atoms with Gasteiger partial charge in [-0.1, -0.05) is 109 Å². The van der Waals surface area contributed by atoms with Crippen LogP contribution in [0.1, 0.15) is 78.3 Å². The van der Waals surface area contributed by atoms with Gasteiger partial charge < -0.3 is 99.9 Å². The molecule has 0 N–H and O–H groups in total. The highest BCUT2D eigenvalue weighted by Gasteiger charge is 2.51. The van der Waals surface area contributed by atoms with E-state index in [-0.39, 0.29) is 123 Å². The van der Waals surface area contributed by atoms with E-state index >= 15 is 0 Å². The molecule has 7 aliphatic heterocycles. The van der Waals surface area contributed by atoms with Gasteiger partial charge in [-0.3, -0.25) is 54.3 Å². The SMILES string of the molecule is [B][C@H]1C[C@@H](OC)[C@@H](COC(c2ccccc2)(c2ccc(OC)cc2)c2ccc(OC)cc2)O1.[B][C@H]1C[C@@H](OC)[C@@H](COP(=O)(OCC[N+]#[C-])O[C@@H]2C[C@H]([B])O[C@@H]2COP(=O)(OCC[N+]#[C-])O[C@@H]2C[C@H]([B])O[C@@H]2COC(c2ccccc2)(c2ccc(OC)cc2)c2ccc(OC)cc2)O1.[B][C@H]1C[C@@H](OC)[C@@H](COP(=O)(OCC[N+]#[C-])O[C@@H]2C[C@H]([B])O[C@@H]2COP(=O)(OCC[N+]#[C-])O[C@@H]2C[C@H]([B])O[C@@H]2COC)O1. The molecule has 25 atom stereocenters. The van der Waals surface area contributed by atoms with Crippen molar-refractivity contribution in [2.75, 3.05) is 156 Å². The molecule has 13 rings (SSSR count). The van der Waals surface area contributed by atoms with Crippen LogP contribution in [0.4, 0.5) is 0 Å². The topological polar surface area (TPSA) is 353 Å². The molecule has 0 aromatic heterocycles. The number of hydrogen-bond donors (Lipinski definition) is 0. The Morgan fingerprint density at radius 1 is 0.277 bits per heavy atom. The lowest BCUT2D eigenvalue weighted by molar-refractivity contribution is -0.0805. The van der Waals surface area contributed by atoms with E-state index in [0.717, 1.165) is 44.9 Å². The van der Waals surface area contributed by atoms with Crippen LogP contribution in [0.15, 0.2) is 158 Å². The third kappa shape index (κ3) is 32.2. The first kappa shape index (κ1) is 114. The van der Waals surface area contributed by atoms with Crippen LogP contribution in [-0.4, -0.2) is 338 Å². The van der Waals surface area contributed by atoms with Gasteiger partial charge in [0.15, 0.2) is 0 Å². The molecule has 6 aromatic rings. The van der Waals surface area contributed by atoms with E-state index in [0.29, 0.717) is 37.4 Å². The van der Waals surface area contributed by atoms with Gasteiger partial charge in [-0.2, -0.15) is 0 Å². The number of methoxy groups -OCH3 is 8. The molecule has 7 saturated heterocycles. The van der Waals surface area contributed by atoms with Crippen LogP contribution in [0.3, 0.4) is 0 Å². The largest absolute Gasteiger partial charge is 0.497 e. The summed E-state index contributed by atoms with van der Waals surface area (Å²) in [5, 5.41) is 0. The van der Waals surface area contributed by atoms with Gasteiger partial charge in [-0.05, 0) is 127 Å². The number of phosphoric acid groups is 4. The smallest absolute Gasteiger partial charge is 0.475 e. The van der Waals surface area contributed by atoms with Crippen molar-refractivity contribution in [3.63, 3.8) is 0 Å². The molecular formula is C93H115B7N4O33P4. The number of benzene rings is 6. The molecule has 0 bridgehead atoms. The minimum absolute atomic E-state index is 0.000912. The van der Waals surface area contributed by atoms with Crippen molar-refractivity contribution in [1.82, 2.24) is 0 Å². The Labute approximate surface area is 833 Å². The molecule has 7 aliphatic rings. The van der Waals surface area contributed by atoms with Crippen molar-refractivity contribution < 1.29 is 153 Å². The molecule has 37 nitrogen and oxygen atoms in total. The van der Waals surface area contributed by atoms with E-state index in [4.69, 9.17) is 216 Å². The standard InChI is InChI=1S/C43H51B3N2O15P2.C27H29BO5.C23H35B3N2O13P2/c1-47-19-21-55-64(49,57-27-38-34(53-5)23-40(44)60-38)63-36-25-42(46)61-39(36)28-58-65(50,56-22-20-48-2)62-35-24-41(45)59-37(35)26-54-43(29-9-7-6-8-10-29,30-11-15-32(51-3)16-12-30)31-13-17-33(52-4)18-14-31;1-29-22-13-9-20(10-14-22)27(19-7-5-4-6-8-19,21-11-15-23(30-2)16-12-21)32-18-25-24(31-3)17-26(28)33-25;1-27-5-7-33-42(29,35-13-19-15(32-4)9-21(24)38-19)41-17-11-23(26)39-20(17)14-36-43(30,34-8-6-28-2)40-16-10-22(25)37-18(16)12-31-3/h6-18,34-42H,19-28H2,3-5H3;4-16,24-26H,17-18H2,1-3H3;15-23H,5-14H2,3-4H3/t34-,35-,36-,37-,38-,39-,40-,41-,42-,64?,65?;24-,25-,26-;15-,16-,17-,18-,19-,20-,21-,22-,23-,42?,43?/m111/s1. The predicted molar refractivity (Wildman–Crippen MR) is 517 cm³/mol. The van der Waals surface area contributed by atoms with Gasteiger partial charge in [-0.25, -0.2) is 44.5 Å². The van der Waals surface area contributed by atoms with Gasteiger partial charge in [0, 0.05) is 70.5 Å². The summed E-state index contributed by atoms with van der Waals surface area (Å²) in [4.78, 5) is 12.9. The van der Waals surface area contributed by atoms with Crippen molar-refractivity contribution in [2.24, 2.45) is 0 Å². The van der Waals surface area contributed by atoms with E-state index in [1.807, 2.05) is 146 Å². The third-order valence-electron chi connectivity index (χ3n) is 23.6. The van der Waals surface area contributed by atoms with Crippen LogP contribution in [-0.2, 0) is 145 Å². The van der Waals surface area contributed by atoms with Crippen LogP contribution in [0.5, 0.6) is 23.0 Å². The van der Waals surface area contributed by atoms with E-state index in [9.17, 15) is 18.3 Å². The lowest BCUT2D eigenvalue weighted by Gasteiger charge is -2.37. The Bertz CT molecular complexity index is 5060. The van der Waals surface area contributed by atoms with Crippen molar-refractivity contribution in [3.05, 3.63) is 237 Å². The number of ether oxygens (including phenoxy) is 17. The zero-order chi connectivity index (χ0) is 101. The molecule has 0 aliphatic carbocycles. The van der Waals surface area contributed by atoms with Crippen LogP contribution in [0.25, 0.3) is 19.4 Å². The summed E-state index contributed by atoms with van der Waals surface area (Å²) in [5.74, 6) is 2.85. The molecule has 746 valence electrons. The Hall–Kier alpha value is -7.15. The van der Waals surface area contributed by atoms with E-state index in [2.05, 4.69) is 31.5 Å². The maximum atomic E-state index is 14.6. The fourth-order valence-corrected chi connectivity index (χ4v) is 22.2. The number of hydrogen-bond acceptors (Lipinski definition) is 33. The van der Waals surface area contributed by atoms with Crippen LogP contribution >= 0.6 is 31.3 Å². The van der Waals surface area contributed by atoms with Crippen molar-refractivity contribution in [1.29, 1.82) is 0 Å². The number of phosphoric ester groups is 4. The van der Waals surface area contributed by atoms with E-state index in [1.54, 1.807) is 35.5 Å². The highest BCUT2D eigenvalue weighted by Crippen LogP contribution is 2.59. The van der Waals surface area contributed by atoms with E-state index in [1.165, 1.54) is 21.3 Å². The molecule has 4 unspecified atom stereocenters. The normalized spacial score (nSPS) is 28.1. The van der Waals surface area contributed by atoms with Crippen LogP contribution < -0.4 is 18.9 Å². The Balaban J connectivity index is 0.000000216. The van der Waals surface area contributed by atoms with Gasteiger partial charge in [0.05, 0.1) is 117 Å². The second-order valence-corrected chi connectivity index (χ2v) is 39.4. The minimum Gasteiger partial charge on any atom is -0.497 e. The van der Waals surface area contributed by atoms with Crippen molar-refractivity contribution in [3.8, 4) is 23.0 Å². The fourth-order valence-electron chi connectivity index (χ4n) is 16.7. The molecule has 0 spiro atoms. The summed E-state index contributed by atoms with van der Waals surface area (Å²) in [6, 6.07) is 45.8. The summed E-state index contributed by atoms with van der Waals surface area (Å²) >= 11 is 0. The molecule has 7 heterocycles. The highest BCUT2D eigenvalue weighted by molar-refractivity contribution is 7.49. The maximum absolute atomic E-state index is 14.6. The molecular weight excluding hydrogens is 1900 g/mol. The van der Waals surface area contributed by atoms with E-state index < -0.39 is 165 Å². The molecule has 14 radical (unpaired) electrons. The molecule has 6 aromatic carbocycles. The monoisotopic (exact) mass is 2020 g/mol. The lowest BCUT2D eigenvalue weighted by atomic mass is 9.80. The third-order valence-corrected chi connectivity index (χ3v) is 29.5. The van der Waals surface area contributed by atoms with Gasteiger partial charge in [-0.15, -0.1) is 0 Å². The summed E-state index contributed by atoms with van der Waals surface area (Å²) in [6.07, 6.45) is -8.42. The van der Waals surface area contributed by atoms with Crippen molar-refractivity contribution >= 4 is 86.2 Å². The predicted octanol–water partition coefficient (Wildman–Crippen LogP) is 11.5. The van der Waals surface area contributed by atoms with Gasteiger partial charge in [0.25, 0.3) is 0 Å². The van der Waals surface area contributed by atoms with Gasteiger partial charge in [0.1, 0.15) is 158 Å².